The Labute approximate surface area is 86.9 Å². The fraction of sp³-hybridized carbons (Fsp3) is 0.692. The molecule has 78 valence electrons. The third-order valence-electron chi connectivity index (χ3n) is 3.09. The summed E-state index contributed by atoms with van der Waals surface area (Å²) in [5.74, 6) is 0.667. The highest BCUT2D eigenvalue weighted by Gasteiger charge is 2.30. The third kappa shape index (κ3) is 2.59. The summed E-state index contributed by atoms with van der Waals surface area (Å²) >= 11 is 0. The van der Waals surface area contributed by atoms with Crippen molar-refractivity contribution in [2.45, 2.75) is 47.0 Å². The number of ketones is 1. The molecule has 1 fully saturated rings. The molecule has 0 heterocycles. The smallest absolute Gasteiger partial charge is 0.160 e. The van der Waals surface area contributed by atoms with Crippen molar-refractivity contribution < 1.29 is 4.79 Å². The summed E-state index contributed by atoms with van der Waals surface area (Å²) in [5.41, 5.74) is 4.75. The largest absolute Gasteiger partial charge is 0.294 e. The van der Waals surface area contributed by atoms with Gasteiger partial charge in [-0.05, 0) is 36.7 Å². The molecule has 0 bridgehead atoms. The monoisotopic (exact) mass is 192 g/mol. The normalized spacial score (nSPS) is 25.4. The van der Waals surface area contributed by atoms with Gasteiger partial charge in [-0.3, -0.25) is 4.79 Å². The standard InChI is InChI=1S/C13H20O/c1-10-6-5-9-13(3,4)12(10)8-7-11(2)14/h7,10H,5-6,9H2,1-4H3. The van der Waals surface area contributed by atoms with Crippen LogP contribution in [0.2, 0.25) is 0 Å². The lowest BCUT2D eigenvalue weighted by atomic mass is 9.69. The van der Waals surface area contributed by atoms with Crippen molar-refractivity contribution in [3.8, 4) is 0 Å². The van der Waals surface area contributed by atoms with Gasteiger partial charge in [0, 0.05) is 6.08 Å². The fourth-order valence-corrected chi connectivity index (χ4v) is 2.31. The molecular formula is C13H20O. The summed E-state index contributed by atoms with van der Waals surface area (Å²) in [5, 5.41) is 0. The summed E-state index contributed by atoms with van der Waals surface area (Å²) in [6.07, 6.45) is 5.32. The molecule has 0 aromatic carbocycles. The van der Waals surface area contributed by atoms with Crippen LogP contribution in [0.4, 0.5) is 0 Å². The van der Waals surface area contributed by atoms with Gasteiger partial charge in [0.2, 0.25) is 0 Å². The Morgan fingerprint density at radius 2 is 2.21 bits per heavy atom. The average Bonchev–Trinajstić information content (AvgIpc) is 2.01. The van der Waals surface area contributed by atoms with E-state index in [4.69, 9.17) is 0 Å². The molecule has 1 saturated carbocycles. The second-order valence-corrected chi connectivity index (χ2v) is 4.99. The molecule has 1 nitrogen and oxygen atoms in total. The van der Waals surface area contributed by atoms with Crippen LogP contribution < -0.4 is 0 Å². The first kappa shape index (κ1) is 11.3. The lowest BCUT2D eigenvalue weighted by Crippen LogP contribution is -2.24. The van der Waals surface area contributed by atoms with E-state index in [-0.39, 0.29) is 11.2 Å². The third-order valence-corrected chi connectivity index (χ3v) is 3.09. The van der Waals surface area contributed by atoms with Crippen LogP contribution in [0.5, 0.6) is 0 Å². The van der Waals surface area contributed by atoms with E-state index in [1.165, 1.54) is 24.8 Å². The van der Waals surface area contributed by atoms with Crippen LogP contribution in [0.15, 0.2) is 17.4 Å². The molecule has 0 aromatic heterocycles. The van der Waals surface area contributed by atoms with E-state index < -0.39 is 0 Å². The van der Waals surface area contributed by atoms with Crippen molar-refractivity contribution in [3.05, 3.63) is 17.4 Å². The summed E-state index contributed by atoms with van der Waals surface area (Å²) in [6.45, 7) is 8.31. The van der Waals surface area contributed by atoms with Crippen LogP contribution in [-0.4, -0.2) is 5.78 Å². The summed E-state index contributed by atoms with van der Waals surface area (Å²) < 4.78 is 0. The zero-order chi connectivity index (χ0) is 10.8. The molecule has 1 aliphatic rings. The molecule has 0 amide bonds. The van der Waals surface area contributed by atoms with Crippen molar-refractivity contribution in [3.63, 3.8) is 0 Å². The minimum absolute atomic E-state index is 0.0890. The second-order valence-electron chi connectivity index (χ2n) is 4.99. The molecule has 14 heavy (non-hydrogen) atoms. The van der Waals surface area contributed by atoms with Crippen molar-refractivity contribution in [2.24, 2.45) is 11.3 Å². The van der Waals surface area contributed by atoms with Gasteiger partial charge in [0.25, 0.3) is 0 Å². The van der Waals surface area contributed by atoms with Crippen molar-refractivity contribution in [1.82, 2.24) is 0 Å². The SMILES string of the molecule is CC(=O)C=C=C1C(C)CCCC1(C)C. The fourth-order valence-electron chi connectivity index (χ4n) is 2.31. The average molecular weight is 192 g/mol. The number of rotatable bonds is 1. The van der Waals surface area contributed by atoms with Gasteiger partial charge in [-0.2, -0.15) is 0 Å². The first-order chi connectivity index (χ1) is 6.43. The van der Waals surface area contributed by atoms with Crippen molar-refractivity contribution >= 4 is 5.78 Å². The summed E-state index contributed by atoms with van der Waals surface area (Å²) in [7, 11) is 0. The van der Waals surface area contributed by atoms with E-state index in [9.17, 15) is 4.79 Å². The number of hydrogen-bond donors (Lipinski definition) is 0. The maximum absolute atomic E-state index is 10.9. The van der Waals surface area contributed by atoms with Crippen LogP contribution in [0.25, 0.3) is 0 Å². The van der Waals surface area contributed by atoms with Gasteiger partial charge in [0.15, 0.2) is 5.78 Å². The quantitative estimate of drug-likeness (QED) is 0.459. The van der Waals surface area contributed by atoms with Gasteiger partial charge >= 0.3 is 0 Å². The molecule has 1 atom stereocenters. The zero-order valence-corrected chi connectivity index (χ0v) is 9.68. The summed E-state index contributed by atoms with van der Waals surface area (Å²) in [4.78, 5) is 10.9. The Balaban J connectivity index is 3.02. The zero-order valence-electron chi connectivity index (χ0n) is 9.68. The predicted octanol–water partition coefficient (Wildman–Crippen LogP) is 3.50. The van der Waals surface area contributed by atoms with Gasteiger partial charge < -0.3 is 0 Å². The Morgan fingerprint density at radius 3 is 2.71 bits per heavy atom. The lowest BCUT2D eigenvalue weighted by molar-refractivity contribution is -0.112. The molecule has 1 heteroatoms. The number of carbonyl (C=O) groups is 1. The maximum atomic E-state index is 10.9. The van der Waals surface area contributed by atoms with E-state index in [0.29, 0.717) is 5.92 Å². The molecule has 0 spiro atoms. The minimum Gasteiger partial charge on any atom is -0.294 e. The number of allylic oxidation sites excluding steroid dienone is 1. The molecule has 0 aromatic rings. The van der Waals surface area contributed by atoms with E-state index in [1.807, 2.05) is 0 Å². The highest BCUT2D eigenvalue weighted by atomic mass is 16.1. The first-order valence-corrected chi connectivity index (χ1v) is 5.41. The van der Waals surface area contributed by atoms with Crippen molar-refractivity contribution in [2.75, 3.05) is 0 Å². The molecule has 1 aliphatic carbocycles. The molecule has 1 rings (SSSR count). The van der Waals surface area contributed by atoms with Gasteiger partial charge in [0.05, 0.1) is 0 Å². The molecule has 1 unspecified atom stereocenters. The molecule has 0 aliphatic heterocycles. The highest BCUT2D eigenvalue weighted by Crippen LogP contribution is 2.42. The van der Waals surface area contributed by atoms with Crippen molar-refractivity contribution in [1.29, 1.82) is 0 Å². The van der Waals surface area contributed by atoms with Crippen LogP contribution in [0, 0.1) is 11.3 Å². The van der Waals surface area contributed by atoms with Gasteiger partial charge in [-0.1, -0.05) is 27.2 Å². The van der Waals surface area contributed by atoms with E-state index >= 15 is 0 Å². The molecule has 0 N–H and O–H groups in total. The van der Waals surface area contributed by atoms with E-state index in [2.05, 4.69) is 26.5 Å². The Morgan fingerprint density at radius 1 is 1.57 bits per heavy atom. The van der Waals surface area contributed by atoms with Crippen LogP contribution in [-0.2, 0) is 4.79 Å². The van der Waals surface area contributed by atoms with Crippen LogP contribution in [0.3, 0.4) is 0 Å². The van der Waals surface area contributed by atoms with Gasteiger partial charge in [-0.15, -0.1) is 5.73 Å². The number of hydrogen-bond acceptors (Lipinski definition) is 1. The second kappa shape index (κ2) is 4.14. The van der Waals surface area contributed by atoms with Gasteiger partial charge in [-0.25, -0.2) is 0 Å². The molecule has 0 radical (unpaired) electrons. The van der Waals surface area contributed by atoms with E-state index in [1.54, 1.807) is 13.0 Å². The Hall–Kier alpha value is -0.810. The molecular weight excluding hydrogens is 172 g/mol. The lowest BCUT2D eigenvalue weighted by Gasteiger charge is -2.35. The molecule has 0 saturated heterocycles. The first-order valence-electron chi connectivity index (χ1n) is 5.41. The van der Waals surface area contributed by atoms with E-state index in [0.717, 1.165) is 0 Å². The maximum Gasteiger partial charge on any atom is 0.160 e. The van der Waals surface area contributed by atoms with Gasteiger partial charge in [0.1, 0.15) is 0 Å². The Kier molecular flexibility index (Phi) is 3.34. The highest BCUT2D eigenvalue weighted by molar-refractivity contribution is 5.87. The number of carbonyl (C=O) groups excluding carboxylic acids is 1. The van der Waals surface area contributed by atoms with Crippen LogP contribution in [0.1, 0.15) is 47.0 Å². The van der Waals surface area contributed by atoms with Crippen LogP contribution >= 0.6 is 0 Å². The predicted molar refractivity (Wildman–Crippen MR) is 59.1 cm³/mol. The topological polar surface area (TPSA) is 17.1 Å². The Bertz CT molecular complexity index is 290. The minimum atomic E-state index is 0.0890. The summed E-state index contributed by atoms with van der Waals surface area (Å²) in [6, 6.07) is 0.